The van der Waals surface area contributed by atoms with Crippen molar-refractivity contribution in [2.75, 3.05) is 19.8 Å². The zero-order chi connectivity index (χ0) is 13.6. The normalized spacial score (nSPS) is 11.7. The number of H-pyrrole nitrogens is 1. The molecule has 1 aromatic rings. The van der Waals surface area contributed by atoms with Gasteiger partial charge < -0.3 is 4.74 Å². The Morgan fingerprint density at radius 2 is 2.17 bits per heavy atom. The summed E-state index contributed by atoms with van der Waals surface area (Å²) in [6.07, 6.45) is 2.51. The molecule has 18 heavy (non-hydrogen) atoms. The van der Waals surface area contributed by atoms with Gasteiger partial charge in [0.25, 0.3) is 0 Å². The maximum absolute atomic E-state index is 12.0. The summed E-state index contributed by atoms with van der Waals surface area (Å²) in [6, 6.07) is 0. The van der Waals surface area contributed by atoms with Crippen LogP contribution in [0, 0.1) is 13.8 Å². The summed E-state index contributed by atoms with van der Waals surface area (Å²) < 4.78 is 31.7. The van der Waals surface area contributed by atoms with Crippen LogP contribution in [-0.2, 0) is 14.8 Å². The van der Waals surface area contributed by atoms with Crippen LogP contribution in [0.5, 0.6) is 0 Å². The fourth-order valence-electron chi connectivity index (χ4n) is 1.53. The lowest BCUT2D eigenvalue weighted by atomic mass is 10.4. The van der Waals surface area contributed by atoms with Crippen molar-refractivity contribution in [3.8, 4) is 0 Å². The van der Waals surface area contributed by atoms with E-state index in [0.29, 0.717) is 24.6 Å². The van der Waals surface area contributed by atoms with Gasteiger partial charge in [0.15, 0.2) is 0 Å². The lowest BCUT2D eigenvalue weighted by Crippen LogP contribution is -2.28. The van der Waals surface area contributed by atoms with Crippen molar-refractivity contribution >= 4 is 10.0 Å². The van der Waals surface area contributed by atoms with Crippen molar-refractivity contribution in [3.05, 3.63) is 24.0 Å². The van der Waals surface area contributed by atoms with Gasteiger partial charge in [0.1, 0.15) is 4.90 Å². The summed E-state index contributed by atoms with van der Waals surface area (Å²) in [5.74, 6) is 0. The second-order valence-electron chi connectivity index (χ2n) is 3.85. The lowest BCUT2D eigenvalue weighted by Gasteiger charge is -2.07. The highest BCUT2D eigenvalue weighted by atomic mass is 32.2. The van der Waals surface area contributed by atoms with Gasteiger partial charge >= 0.3 is 0 Å². The highest BCUT2D eigenvalue weighted by Gasteiger charge is 2.21. The largest absolute Gasteiger partial charge is 0.380 e. The van der Waals surface area contributed by atoms with Gasteiger partial charge in [-0.1, -0.05) is 6.08 Å². The van der Waals surface area contributed by atoms with E-state index < -0.39 is 10.0 Å². The molecule has 2 N–H and O–H groups in total. The average Bonchev–Trinajstić information content (AvgIpc) is 2.64. The Labute approximate surface area is 107 Å². The number of nitrogens with one attached hydrogen (secondary N) is 2. The molecule has 6 nitrogen and oxygen atoms in total. The van der Waals surface area contributed by atoms with Crippen LogP contribution in [-0.4, -0.2) is 38.4 Å². The summed E-state index contributed by atoms with van der Waals surface area (Å²) >= 11 is 0. The Morgan fingerprint density at radius 3 is 2.72 bits per heavy atom. The first-order valence-electron chi connectivity index (χ1n) is 5.69. The van der Waals surface area contributed by atoms with E-state index in [1.807, 2.05) is 0 Å². The maximum atomic E-state index is 12.0. The molecule has 1 heterocycles. The van der Waals surface area contributed by atoms with Crippen molar-refractivity contribution in [1.29, 1.82) is 0 Å². The maximum Gasteiger partial charge on any atom is 0.244 e. The van der Waals surface area contributed by atoms with Crippen molar-refractivity contribution in [2.45, 2.75) is 25.2 Å². The fourth-order valence-corrected chi connectivity index (χ4v) is 2.91. The standard InChI is InChI=1S/C11H19N3O3S/c1-4-5-7-17-8-6-12-18(15,16)11-9(2)13-14-10(11)3/h4,12H,1,5-8H2,2-3H3,(H,13,14). The summed E-state index contributed by atoms with van der Waals surface area (Å²) in [5.41, 5.74) is 1.00. The number of nitrogens with zero attached hydrogens (tertiary/aromatic N) is 1. The molecule has 0 radical (unpaired) electrons. The van der Waals surface area contributed by atoms with Gasteiger partial charge in [-0.3, -0.25) is 5.10 Å². The Morgan fingerprint density at radius 1 is 1.44 bits per heavy atom. The molecule has 0 bridgehead atoms. The molecule has 1 aromatic heterocycles. The Bertz CT molecular complexity index is 474. The predicted molar refractivity (Wildman–Crippen MR) is 68.9 cm³/mol. The number of sulfonamides is 1. The molecule has 0 unspecified atom stereocenters. The van der Waals surface area contributed by atoms with E-state index in [2.05, 4.69) is 21.5 Å². The SMILES string of the molecule is C=CCCOCCNS(=O)(=O)c1c(C)n[nH]c1C. The Balaban J connectivity index is 2.48. The van der Waals surface area contributed by atoms with Crippen LogP contribution in [0.3, 0.4) is 0 Å². The zero-order valence-electron chi connectivity index (χ0n) is 10.7. The van der Waals surface area contributed by atoms with Crippen molar-refractivity contribution in [3.63, 3.8) is 0 Å². The number of aromatic amines is 1. The van der Waals surface area contributed by atoms with Gasteiger partial charge in [0.2, 0.25) is 10.0 Å². The van der Waals surface area contributed by atoms with Crippen LogP contribution in [0.4, 0.5) is 0 Å². The summed E-state index contributed by atoms with van der Waals surface area (Å²) in [6.45, 7) is 8.02. The minimum atomic E-state index is -3.51. The van der Waals surface area contributed by atoms with Gasteiger partial charge in [0.05, 0.1) is 24.6 Å². The van der Waals surface area contributed by atoms with Crippen LogP contribution in [0.25, 0.3) is 0 Å². The van der Waals surface area contributed by atoms with Gasteiger partial charge in [-0.25, -0.2) is 13.1 Å². The van der Waals surface area contributed by atoms with Crippen molar-refractivity contribution in [2.24, 2.45) is 0 Å². The first-order valence-corrected chi connectivity index (χ1v) is 7.17. The molecular formula is C11H19N3O3S. The van der Waals surface area contributed by atoms with Crippen molar-refractivity contribution in [1.82, 2.24) is 14.9 Å². The minimum absolute atomic E-state index is 0.216. The van der Waals surface area contributed by atoms with E-state index in [9.17, 15) is 8.42 Å². The van der Waals surface area contributed by atoms with Crippen LogP contribution < -0.4 is 4.72 Å². The molecule has 0 aliphatic rings. The fraction of sp³-hybridized carbons (Fsp3) is 0.545. The molecule has 1 rings (SSSR count). The van der Waals surface area contributed by atoms with Crippen LogP contribution >= 0.6 is 0 Å². The molecule has 7 heteroatoms. The van der Waals surface area contributed by atoms with E-state index in [4.69, 9.17) is 4.74 Å². The van der Waals surface area contributed by atoms with Gasteiger partial charge in [-0.05, 0) is 20.3 Å². The number of ether oxygens (including phenoxy) is 1. The number of hydrogen-bond acceptors (Lipinski definition) is 4. The molecule has 0 atom stereocenters. The van der Waals surface area contributed by atoms with E-state index in [-0.39, 0.29) is 11.4 Å². The van der Waals surface area contributed by atoms with Gasteiger partial charge in [0, 0.05) is 6.54 Å². The van der Waals surface area contributed by atoms with Gasteiger partial charge in [-0.15, -0.1) is 6.58 Å². The average molecular weight is 273 g/mol. The van der Waals surface area contributed by atoms with E-state index in [1.54, 1.807) is 19.9 Å². The summed E-state index contributed by atoms with van der Waals surface area (Å²) in [5, 5.41) is 6.51. The quantitative estimate of drug-likeness (QED) is 0.544. The second-order valence-corrected chi connectivity index (χ2v) is 5.55. The summed E-state index contributed by atoms with van der Waals surface area (Å²) in [4.78, 5) is 0.216. The number of rotatable bonds is 8. The highest BCUT2D eigenvalue weighted by molar-refractivity contribution is 7.89. The minimum Gasteiger partial charge on any atom is -0.380 e. The molecule has 0 aliphatic carbocycles. The Kier molecular flexibility index (Phi) is 5.52. The first-order chi connectivity index (χ1) is 8.49. The number of aryl methyl sites for hydroxylation is 2. The van der Waals surface area contributed by atoms with E-state index >= 15 is 0 Å². The molecule has 0 amide bonds. The zero-order valence-corrected chi connectivity index (χ0v) is 11.5. The second kappa shape index (κ2) is 6.67. The third-order valence-electron chi connectivity index (χ3n) is 2.33. The topological polar surface area (TPSA) is 84.1 Å². The molecule has 0 saturated heterocycles. The van der Waals surface area contributed by atoms with Crippen molar-refractivity contribution < 1.29 is 13.2 Å². The molecule has 0 aromatic carbocycles. The number of hydrogen-bond donors (Lipinski definition) is 2. The highest BCUT2D eigenvalue weighted by Crippen LogP contribution is 2.15. The molecule has 0 aliphatic heterocycles. The third kappa shape index (κ3) is 3.94. The molecule has 102 valence electrons. The van der Waals surface area contributed by atoms with E-state index in [1.165, 1.54) is 0 Å². The third-order valence-corrected chi connectivity index (χ3v) is 4.06. The van der Waals surface area contributed by atoms with Crippen LogP contribution in [0.2, 0.25) is 0 Å². The lowest BCUT2D eigenvalue weighted by molar-refractivity contribution is 0.144. The smallest absolute Gasteiger partial charge is 0.244 e. The summed E-state index contributed by atoms with van der Waals surface area (Å²) in [7, 11) is -3.51. The first kappa shape index (κ1) is 14.9. The van der Waals surface area contributed by atoms with Gasteiger partial charge in [-0.2, -0.15) is 5.10 Å². The monoisotopic (exact) mass is 273 g/mol. The van der Waals surface area contributed by atoms with E-state index in [0.717, 1.165) is 6.42 Å². The molecule has 0 spiro atoms. The molecule has 0 saturated carbocycles. The van der Waals surface area contributed by atoms with Crippen LogP contribution in [0.1, 0.15) is 17.8 Å². The number of aromatic nitrogens is 2. The Hall–Kier alpha value is -1.18. The molecule has 0 fully saturated rings. The predicted octanol–water partition coefficient (Wildman–Crippen LogP) is 0.898. The molecular weight excluding hydrogens is 254 g/mol. The van der Waals surface area contributed by atoms with Crippen LogP contribution in [0.15, 0.2) is 17.6 Å².